The minimum Gasteiger partial charge on any atom is -0.488 e. The molecule has 0 saturated carbocycles. The number of fused-ring (bicyclic) bond motifs is 1. The third-order valence-corrected chi connectivity index (χ3v) is 5.70. The first-order chi connectivity index (χ1) is 16.5. The van der Waals surface area contributed by atoms with Crippen molar-refractivity contribution >= 4 is 11.9 Å². The number of rotatable bonds is 6. The minimum absolute atomic E-state index is 0.0480. The molecule has 1 amide bonds. The molecule has 1 aromatic carbocycles. The third-order valence-electron chi connectivity index (χ3n) is 5.70. The Kier molecular flexibility index (Phi) is 7.01. The molecule has 1 aliphatic heterocycles. The van der Waals surface area contributed by atoms with Gasteiger partial charge >= 0.3 is 5.97 Å². The number of halogens is 1. The number of amides is 1. The molecule has 3 aromatic rings. The van der Waals surface area contributed by atoms with Gasteiger partial charge in [-0.25, -0.2) is 9.18 Å². The van der Waals surface area contributed by atoms with E-state index in [1.165, 1.54) is 29.9 Å². The molecule has 3 heterocycles. The number of ether oxygens (including phenoxy) is 2. The van der Waals surface area contributed by atoms with E-state index < -0.39 is 11.8 Å². The van der Waals surface area contributed by atoms with Gasteiger partial charge in [0.1, 0.15) is 23.7 Å². The highest BCUT2D eigenvalue weighted by molar-refractivity contribution is 5.93. The van der Waals surface area contributed by atoms with Crippen LogP contribution in [0.2, 0.25) is 0 Å². The van der Waals surface area contributed by atoms with Gasteiger partial charge in [0.25, 0.3) is 5.56 Å². The number of benzene rings is 1. The van der Waals surface area contributed by atoms with Gasteiger partial charge in [-0.3, -0.25) is 14.6 Å². The third kappa shape index (κ3) is 5.14. The zero-order chi connectivity index (χ0) is 24.1. The van der Waals surface area contributed by atoms with Crippen LogP contribution in [0.25, 0.3) is 0 Å². The van der Waals surface area contributed by atoms with Crippen LogP contribution in [-0.2, 0) is 35.5 Å². The second-order valence-electron chi connectivity index (χ2n) is 7.90. The first kappa shape index (κ1) is 23.2. The van der Waals surface area contributed by atoms with Gasteiger partial charge in [-0.1, -0.05) is 18.2 Å². The van der Waals surface area contributed by atoms with Crippen molar-refractivity contribution in [2.24, 2.45) is 0 Å². The zero-order valence-corrected chi connectivity index (χ0v) is 18.7. The minimum atomic E-state index is -0.621. The van der Waals surface area contributed by atoms with Crippen molar-refractivity contribution in [1.82, 2.24) is 14.5 Å². The Hall–Kier alpha value is -4.01. The molecule has 0 fully saturated rings. The second kappa shape index (κ2) is 10.3. The fraction of sp³-hybridized carbons (Fsp3) is 0.280. The van der Waals surface area contributed by atoms with Crippen LogP contribution < -0.4 is 10.3 Å². The molecule has 8 nitrogen and oxygen atoms in total. The predicted octanol–water partition coefficient (Wildman–Crippen LogP) is 2.38. The Morgan fingerprint density at radius 3 is 2.65 bits per heavy atom. The number of carbonyl (C=O) groups is 2. The van der Waals surface area contributed by atoms with Gasteiger partial charge in [0.2, 0.25) is 5.91 Å². The number of hydrogen-bond donors (Lipinski definition) is 0. The molecule has 4 rings (SSSR count). The van der Waals surface area contributed by atoms with Crippen molar-refractivity contribution in [3.8, 4) is 5.75 Å². The van der Waals surface area contributed by atoms with Crippen LogP contribution >= 0.6 is 0 Å². The lowest BCUT2D eigenvalue weighted by Crippen LogP contribution is -2.35. The SMILES string of the molecule is COC(=O)c1c(OCc2cccnc2)cc(=O)n2c1CCN(C(=O)Cc1cccc(F)c1)CC2. The van der Waals surface area contributed by atoms with E-state index in [1.807, 2.05) is 6.07 Å². The molecule has 176 valence electrons. The van der Waals surface area contributed by atoms with E-state index in [9.17, 15) is 18.8 Å². The standard InChI is InChI=1S/C25H24FN3O5/c1-33-25(32)24-20-7-9-28(22(30)13-17-4-2-6-19(26)12-17)10-11-29(20)23(31)14-21(24)34-16-18-5-3-8-27-15-18/h2-6,8,12,14-15H,7,9-11,13,16H2,1H3. The number of nitrogens with zero attached hydrogens (tertiary/aromatic N) is 3. The van der Waals surface area contributed by atoms with Crippen LogP contribution in [0.1, 0.15) is 27.2 Å². The Morgan fingerprint density at radius 2 is 1.91 bits per heavy atom. The molecule has 0 atom stereocenters. The Bertz CT molecular complexity index is 1260. The van der Waals surface area contributed by atoms with E-state index in [-0.39, 0.29) is 55.3 Å². The van der Waals surface area contributed by atoms with Crippen molar-refractivity contribution in [1.29, 1.82) is 0 Å². The summed E-state index contributed by atoms with van der Waals surface area (Å²) in [5.41, 5.74) is 1.66. The summed E-state index contributed by atoms with van der Waals surface area (Å²) in [5, 5.41) is 0. The van der Waals surface area contributed by atoms with Crippen molar-refractivity contribution in [3.05, 3.63) is 93.4 Å². The molecule has 2 aromatic heterocycles. The zero-order valence-electron chi connectivity index (χ0n) is 18.7. The maximum Gasteiger partial charge on any atom is 0.343 e. The normalized spacial score (nSPS) is 13.1. The number of pyridine rings is 2. The monoisotopic (exact) mass is 465 g/mol. The fourth-order valence-corrected chi connectivity index (χ4v) is 4.01. The van der Waals surface area contributed by atoms with Crippen LogP contribution in [0.3, 0.4) is 0 Å². The number of carbonyl (C=O) groups excluding carboxylic acids is 2. The van der Waals surface area contributed by atoms with Gasteiger partial charge in [0, 0.05) is 55.8 Å². The van der Waals surface area contributed by atoms with Crippen LogP contribution in [0.15, 0.2) is 59.7 Å². The number of aromatic nitrogens is 2. The number of esters is 1. The van der Waals surface area contributed by atoms with Crippen LogP contribution in [0.5, 0.6) is 5.75 Å². The molecule has 34 heavy (non-hydrogen) atoms. The molecule has 0 spiro atoms. The highest BCUT2D eigenvalue weighted by Gasteiger charge is 2.27. The lowest BCUT2D eigenvalue weighted by atomic mass is 10.1. The molecular formula is C25H24FN3O5. The Balaban J connectivity index is 1.58. The summed E-state index contributed by atoms with van der Waals surface area (Å²) in [6.45, 7) is 0.927. The summed E-state index contributed by atoms with van der Waals surface area (Å²) in [5.74, 6) is -1.07. The summed E-state index contributed by atoms with van der Waals surface area (Å²) >= 11 is 0. The van der Waals surface area contributed by atoms with Gasteiger partial charge in [-0.15, -0.1) is 0 Å². The molecule has 0 bridgehead atoms. The van der Waals surface area contributed by atoms with E-state index in [4.69, 9.17) is 9.47 Å². The van der Waals surface area contributed by atoms with E-state index in [2.05, 4.69) is 4.98 Å². The van der Waals surface area contributed by atoms with Crippen molar-refractivity contribution in [2.45, 2.75) is 26.0 Å². The predicted molar refractivity (Wildman–Crippen MR) is 121 cm³/mol. The average molecular weight is 465 g/mol. The molecule has 0 N–H and O–H groups in total. The van der Waals surface area contributed by atoms with Crippen LogP contribution in [-0.4, -0.2) is 46.5 Å². The van der Waals surface area contributed by atoms with Crippen molar-refractivity contribution in [2.75, 3.05) is 20.2 Å². The lowest BCUT2D eigenvalue weighted by Gasteiger charge is -2.20. The smallest absolute Gasteiger partial charge is 0.343 e. The molecule has 9 heteroatoms. The van der Waals surface area contributed by atoms with Crippen LogP contribution in [0.4, 0.5) is 4.39 Å². The maximum atomic E-state index is 13.5. The molecule has 0 aliphatic carbocycles. The summed E-state index contributed by atoms with van der Waals surface area (Å²) in [4.78, 5) is 44.1. The first-order valence-corrected chi connectivity index (χ1v) is 10.8. The highest BCUT2D eigenvalue weighted by atomic mass is 19.1. The molecule has 0 radical (unpaired) electrons. The highest BCUT2D eigenvalue weighted by Crippen LogP contribution is 2.25. The maximum absolute atomic E-state index is 13.5. The lowest BCUT2D eigenvalue weighted by molar-refractivity contribution is -0.130. The molecule has 1 aliphatic rings. The topological polar surface area (TPSA) is 90.7 Å². The van der Waals surface area contributed by atoms with E-state index in [0.29, 0.717) is 17.8 Å². The van der Waals surface area contributed by atoms with Crippen molar-refractivity contribution < 1.29 is 23.5 Å². The Morgan fingerprint density at radius 1 is 1.09 bits per heavy atom. The largest absolute Gasteiger partial charge is 0.488 e. The number of hydrogen-bond acceptors (Lipinski definition) is 6. The van der Waals surface area contributed by atoms with Gasteiger partial charge in [0.15, 0.2) is 0 Å². The molecular weight excluding hydrogens is 441 g/mol. The van der Waals surface area contributed by atoms with Gasteiger partial charge in [-0.05, 0) is 23.8 Å². The summed E-state index contributed by atoms with van der Waals surface area (Å²) in [7, 11) is 1.26. The Labute approximate surface area is 195 Å². The van der Waals surface area contributed by atoms with E-state index in [0.717, 1.165) is 5.56 Å². The summed E-state index contributed by atoms with van der Waals surface area (Å²) < 4.78 is 25.8. The first-order valence-electron chi connectivity index (χ1n) is 10.8. The van der Waals surface area contributed by atoms with Crippen molar-refractivity contribution in [3.63, 3.8) is 0 Å². The van der Waals surface area contributed by atoms with Crippen LogP contribution in [0, 0.1) is 5.82 Å². The molecule has 0 unspecified atom stereocenters. The van der Waals surface area contributed by atoms with E-state index in [1.54, 1.807) is 35.5 Å². The van der Waals surface area contributed by atoms with Gasteiger partial charge < -0.3 is 18.9 Å². The fourth-order valence-electron chi connectivity index (χ4n) is 4.01. The quantitative estimate of drug-likeness (QED) is 0.519. The second-order valence-corrected chi connectivity index (χ2v) is 7.90. The summed E-state index contributed by atoms with van der Waals surface area (Å²) in [6, 6.07) is 10.8. The average Bonchev–Trinajstić information content (AvgIpc) is 3.07. The molecule has 0 saturated heterocycles. The number of methoxy groups -OCH3 is 1. The van der Waals surface area contributed by atoms with Gasteiger partial charge in [0.05, 0.1) is 13.5 Å². The van der Waals surface area contributed by atoms with Gasteiger partial charge in [-0.2, -0.15) is 0 Å². The van der Waals surface area contributed by atoms with E-state index >= 15 is 0 Å². The summed E-state index contributed by atoms with van der Waals surface area (Å²) in [6.07, 6.45) is 3.58.